The van der Waals surface area contributed by atoms with E-state index in [1.165, 1.54) is 54.6 Å². The standard InChI is InChI=1S/C58H70B2N2O5/c1-41(42-30-33-49(63-10)34-31-42)62(40-48-21-14-16-25-52(48)60-66-57(6,7)58(8,9)67-60)37-18-12-11-17-36-61(39-47-20-13-15-24-51(47)59-64-55(2,3)56(4,5)65-59)38-46-29-28-45-27-26-43-22-19-23-44-32-35-50(46)54(45)53(43)44/h13-16,19-35,41H,11-12,17-18,36-40H2,1-10H3/t41-/m0/s1. The summed E-state index contributed by atoms with van der Waals surface area (Å²) in [6.07, 6.45) is 4.48. The molecule has 0 spiro atoms. The molecule has 2 aliphatic heterocycles. The van der Waals surface area contributed by atoms with Crippen LogP contribution in [0.4, 0.5) is 0 Å². The van der Waals surface area contributed by atoms with Gasteiger partial charge in [0, 0.05) is 25.7 Å². The number of ether oxygens (including phenoxy) is 1. The van der Waals surface area contributed by atoms with Crippen molar-refractivity contribution in [2.24, 2.45) is 0 Å². The van der Waals surface area contributed by atoms with Crippen molar-refractivity contribution < 1.29 is 23.4 Å². The Balaban J connectivity index is 0.929. The van der Waals surface area contributed by atoms with E-state index in [9.17, 15) is 0 Å². The lowest BCUT2D eigenvalue weighted by Gasteiger charge is -2.32. The molecule has 7 aromatic carbocycles. The third-order valence-electron chi connectivity index (χ3n) is 15.7. The average Bonchev–Trinajstić information content (AvgIpc) is 3.68. The summed E-state index contributed by atoms with van der Waals surface area (Å²) >= 11 is 0. The van der Waals surface area contributed by atoms with Crippen molar-refractivity contribution in [1.29, 1.82) is 0 Å². The Morgan fingerprint density at radius 3 is 1.52 bits per heavy atom. The fourth-order valence-corrected chi connectivity index (χ4v) is 10.1. The SMILES string of the molecule is COc1ccc([C@H](C)N(CCCCCCN(Cc2ccccc2B2OC(C)(C)C(C)(C)O2)Cc2ccc3ccc4cccc5ccc2c3c45)Cc2ccccc2B2OC(C)(C)C(C)(C)O2)cc1. The second-order valence-corrected chi connectivity index (χ2v) is 21.2. The zero-order chi connectivity index (χ0) is 47.1. The maximum Gasteiger partial charge on any atom is 0.495 e. The van der Waals surface area contributed by atoms with Crippen LogP contribution in [-0.2, 0) is 38.3 Å². The van der Waals surface area contributed by atoms with Gasteiger partial charge < -0.3 is 23.4 Å². The van der Waals surface area contributed by atoms with Gasteiger partial charge in [-0.1, -0.05) is 128 Å². The Morgan fingerprint density at radius 2 is 0.955 bits per heavy atom. The fraction of sp³-hybridized carbons (Fsp3) is 0.414. The second-order valence-electron chi connectivity index (χ2n) is 21.2. The third kappa shape index (κ3) is 9.66. The molecule has 348 valence electrons. The van der Waals surface area contributed by atoms with Crippen LogP contribution in [0.25, 0.3) is 32.3 Å². The first kappa shape index (κ1) is 47.3. The van der Waals surface area contributed by atoms with Crippen LogP contribution in [0.1, 0.15) is 116 Å². The van der Waals surface area contributed by atoms with Gasteiger partial charge in [-0.2, -0.15) is 0 Å². The molecule has 2 fully saturated rings. The van der Waals surface area contributed by atoms with Gasteiger partial charge in [-0.05, 0) is 166 Å². The minimum absolute atomic E-state index is 0.196. The molecule has 0 N–H and O–H groups in total. The van der Waals surface area contributed by atoms with Gasteiger partial charge in [0.25, 0.3) is 0 Å². The molecular formula is C58H70B2N2O5. The number of hydrogen-bond acceptors (Lipinski definition) is 7. The summed E-state index contributed by atoms with van der Waals surface area (Å²) in [6, 6.07) is 46.7. The average molecular weight is 897 g/mol. The molecule has 67 heavy (non-hydrogen) atoms. The van der Waals surface area contributed by atoms with Crippen molar-refractivity contribution in [2.45, 2.75) is 136 Å². The highest BCUT2D eigenvalue weighted by molar-refractivity contribution is 6.63. The first-order valence-corrected chi connectivity index (χ1v) is 24.7. The lowest BCUT2D eigenvalue weighted by molar-refractivity contribution is 0.00578. The van der Waals surface area contributed by atoms with Gasteiger partial charge in [0.1, 0.15) is 5.75 Å². The van der Waals surface area contributed by atoms with Crippen molar-refractivity contribution in [3.63, 3.8) is 0 Å². The Hall–Kier alpha value is -4.73. The lowest BCUT2D eigenvalue weighted by Crippen LogP contribution is -2.41. The quantitative estimate of drug-likeness (QED) is 0.0483. The topological polar surface area (TPSA) is 52.6 Å². The molecule has 0 unspecified atom stereocenters. The van der Waals surface area contributed by atoms with Gasteiger partial charge in [-0.25, -0.2) is 0 Å². The van der Waals surface area contributed by atoms with Crippen LogP contribution >= 0.6 is 0 Å². The summed E-state index contributed by atoms with van der Waals surface area (Å²) in [4.78, 5) is 5.28. The molecule has 2 heterocycles. The predicted molar refractivity (Wildman–Crippen MR) is 279 cm³/mol. The molecule has 9 rings (SSSR count). The maximum absolute atomic E-state index is 6.64. The van der Waals surface area contributed by atoms with Crippen LogP contribution in [0.5, 0.6) is 5.75 Å². The highest BCUT2D eigenvalue weighted by atomic mass is 16.7. The van der Waals surface area contributed by atoms with Gasteiger partial charge in [-0.3, -0.25) is 9.80 Å². The molecule has 0 saturated carbocycles. The molecule has 0 radical (unpaired) electrons. The molecule has 7 nitrogen and oxygen atoms in total. The van der Waals surface area contributed by atoms with Gasteiger partial charge >= 0.3 is 14.2 Å². The first-order chi connectivity index (χ1) is 32.0. The molecule has 9 heteroatoms. The lowest BCUT2D eigenvalue weighted by atomic mass is 9.75. The molecule has 1 atom stereocenters. The van der Waals surface area contributed by atoms with Crippen molar-refractivity contribution >= 4 is 57.5 Å². The largest absolute Gasteiger partial charge is 0.497 e. The Kier molecular flexibility index (Phi) is 13.4. The zero-order valence-electron chi connectivity index (χ0n) is 41.7. The van der Waals surface area contributed by atoms with E-state index in [0.29, 0.717) is 0 Å². The van der Waals surface area contributed by atoms with Gasteiger partial charge in [0.15, 0.2) is 0 Å². The van der Waals surface area contributed by atoms with E-state index in [2.05, 4.69) is 200 Å². The Morgan fingerprint density at radius 1 is 0.478 bits per heavy atom. The molecule has 0 aromatic heterocycles. The van der Waals surface area contributed by atoms with Crippen LogP contribution in [0.15, 0.2) is 127 Å². The second kappa shape index (κ2) is 19.0. The highest BCUT2D eigenvalue weighted by Gasteiger charge is 2.53. The number of benzene rings is 7. The molecule has 0 amide bonds. The van der Waals surface area contributed by atoms with Gasteiger partial charge in [0.2, 0.25) is 0 Å². The Bertz CT molecular complexity index is 2760. The number of methoxy groups -OCH3 is 1. The minimum atomic E-state index is -0.412. The van der Waals surface area contributed by atoms with Gasteiger partial charge in [0.05, 0.1) is 29.5 Å². The minimum Gasteiger partial charge on any atom is -0.497 e. The molecule has 2 saturated heterocycles. The molecular weight excluding hydrogens is 826 g/mol. The van der Waals surface area contributed by atoms with Crippen LogP contribution < -0.4 is 15.7 Å². The highest BCUT2D eigenvalue weighted by Crippen LogP contribution is 2.39. The van der Waals surface area contributed by atoms with E-state index < -0.39 is 36.6 Å². The van der Waals surface area contributed by atoms with Crippen LogP contribution in [0, 0.1) is 0 Å². The summed E-state index contributed by atoms with van der Waals surface area (Å²) in [5.41, 5.74) is 5.72. The van der Waals surface area contributed by atoms with E-state index in [-0.39, 0.29) is 6.04 Å². The van der Waals surface area contributed by atoms with Gasteiger partial charge in [-0.15, -0.1) is 0 Å². The maximum atomic E-state index is 6.64. The summed E-state index contributed by atoms with van der Waals surface area (Å²) in [5.74, 6) is 0.874. The molecule has 0 aliphatic carbocycles. The van der Waals surface area contributed by atoms with E-state index in [0.717, 1.165) is 75.1 Å². The summed E-state index contributed by atoms with van der Waals surface area (Å²) in [5, 5.41) is 7.98. The first-order valence-electron chi connectivity index (χ1n) is 24.7. The number of nitrogens with zero attached hydrogens (tertiary/aromatic N) is 2. The van der Waals surface area contributed by atoms with E-state index >= 15 is 0 Å². The van der Waals surface area contributed by atoms with Crippen molar-refractivity contribution in [3.05, 3.63) is 150 Å². The predicted octanol–water partition coefficient (Wildman–Crippen LogP) is 12.0. The van der Waals surface area contributed by atoms with Crippen LogP contribution in [0.2, 0.25) is 0 Å². The summed E-state index contributed by atoms with van der Waals surface area (Å²) < 4.78 is 32.0. The van der Waals surface area contributed by atoms with Crippen molar-refractivity contribution in [1.82, 2.24) is 9.80 Å². The molecule has 7 aromatic rings. The fourth-order valence-electron chi connectivity index (χ4n) is 10.1. The zero-order valence-corrected chi connectivity index (χ0v) is 41.7. The smallest absolute Gasteiger partial charge is 0.495 e. The molecule has 2 aliphatic rings. The number of rotatable bonds is 18. The third-order valence-corrected chi connectivity index (χ3v) is 15.7. The van der Waals surface area contributed by atoms with Crippen molar-refractivity contribution in [3.8, 4) is 5.75 Å². The van der Waals surface area contributed by atoms with Crippen molar-refractivity contribution in [2.75, 3.05) is 20.2 Å². The summed E-state index contributed by atoms with van der Waals surface area (Å²) in [7, 11) is 0.904. The summed E-state index contributed by atoms with van der Waals surface area (Å²) in [6.45, 7) is 23.8. The van der Waals surface area contributed by atoms with E-state index in [4.69, 9.17) is 23.4 Å². The number of hydrogen-bond donors (Lipinski definition) is 0. The normalized spacial score (nSPS) is 18.0. The van der Waals surface area contributed by atoms with Crippen LogP contribution in [-0.4, -0.2) is 66.6 Å². The monoisotopic (exact) mass is 897 g/mol. The van der Waals surface area contributed by atoms with Crippen LogP contribution in [0.3, 0.4) is 0 Å². The Labute approximate surface area is 400 Å². The van der Waals surface area contributed by atoms with E-state index in [1.54, 1.807) is 7.11 Å². The molecule has 0 bridgehead atoms. The van der Waals surface area contributed by atoms with E-state index in [1.807, 2.05) is 0 Å². The number of unbranched alkanes of at least 4 members (excludes halogenated alkanes) is 3.